The van der Waals surface area contributed by atoms with E-state index in [1.165, 1.54) is 0 Å². The minimum atomic E-state index is -0.417. The van der Waals surface area contributed by atoms with Crippen LogP contribution in [0.15, 0.2) is 18.5 Å². The van der Waals surface area contributed by atoms with Crippen LogP contribution in [0, 0.1) is 6.92 Å². The Hall–Kier alpha value is -1.22. The van der Waals surface area contributed by atoms with E-state index in [9.17, 15) is 4.79 Å². The largest absolute Gasteiger partial charge is 0.378 e. The van der Waals surface area contributed by atoms with E-state index in [1.54, 1.807) is 19.5 Å². The Morgan fingerprint density at radius 1 is 1.53 bits per heavy atom. The Bertz CT molecular complexity index is 358. The first-order valence-corrected chi connectivity index (χ1v) is 4.95. The highest BCUT2D eigenvalue weighted by Gasteiger charge is 2.22. The SMILES string of the molecule is COC(C)(C)CC(=O)c1cnccc1C. The van der Waals surface area contributed by atoms with Gasteiger partial charge in [0.15, 0.2) is 5.78 Å². The summed E-state index contributed by atoms with van der Waals surface area (Å²) < 4.78 is 5.23. The normalized spacial score (nSPS) is 11.5. The van der Waals surface area contributed by atoms with Crippen LogP contribution in [-0.4, -0.2) is 23.5 Å². The standard InChI is InChI=1S/C12H17NO2/c1-9-5-6-13-8-10(9)11(14)7-12(2,3)15-4/h5-6,8H,7H2,1-4H3. The van der Waals surface area contributed by atoms with Gasteiger partial charge in [0, 0.05) is 31.5 Å². The lowest BCUT2D eigenvalue weighted by Gasteiger charge is -2.21. The van der Waals surface area contributed by atoms with Gasteiger partial charge >= 0.3 is 0 Å². The van der Waals surface area contributed by atoms with Crippen molar-refractivity contribution in [2.24, 2.45) is 0 Å². The van der Waals surface area contributed by atoms with Crippen LogP contribution < -0.4 is 0 Å². The van der Waals surface area contributed by atoms with E-state index in [0.717, 1.165) is 5.56 Å². The fraction of sp³-hybridized carbons (Fsp3) is 0.500. The smallest absolute Gasteiger partial charge is 0.167 e. The molecule has 15 heavy (non-hydrogen) atoms. The fourth-order valence-electron chi connectivity index (χ4n) is 1.31. The van der Waals surface area contributed by atoms with E-state index >= 15 is 0 Å². The van der Waals surface area contributed by atoms with E-state index in [1.807, 2.05) is 26.8 Å². The van der Waals surface area contributed by atoms with Crippen LogP contribution in [0.1, 0.15) is 36.2 Å². The van der Waals surface area contributed by atoms with E-state index in [2.05, 4.69) is 4.98 Å². The summed E-state index contributed by atoms with van der Waals surface area (Å²) in [6, 6.07) is 1.84. The van der Waals surface area contributed by atoms with Gasteiger partial charge in [-0.1, -0.05) is 0 Å². The molecule has 0 unspecified atom stereocenters. The van der Waals surface area contributed by atoms with Crippen LogP contribution in [0.4, 0.5) is 0 Å². The van der Waals surface area contributed by atoms with Gasteiger partial charge in [0.2, 0.25) is 0 Å². The van der Waals surface area contributed by atoms with Crippen LogP contribution in [0.5, 0.6) is 0 Å². The topological polar surface area (TPSA) is 39.2 Å². The number of pyridine rings is 1. The van der Waals surface area contributed by atoms with Crippen molar-refractivity contribution in [1.82, 2.24) is 4.98 Å². The molecule has 0 atom stereocenters. The van der Waals surface area contributed by atoms with Gasteiger partial charge in [-0.3, -0.25) is 9.78 Å². The van der Waals surface area contributed by atoms with Crippen LogP contribution in [0.2, 0.25) is 0 Å². The van der Waals surface area contributed by atoms with Gasteiger partial charge in [-0.15, -0.1) is 0 Å². The number of hydrogen-bond acceptors (Lipinski definition) is 3. The number of carbonyl (C=O) groups excluding carboxylic acids is 1. The molecule has 1 aromatic heterocycles. The summed E-state index contributed by atoms with van der Waals surface area (Å²) in [4.78, 5) is 15.9. The minimum absolute atomic E-state index is 0.0763. The van der Waals surface area contributed by atoms with Crippen LogP contribution >= 0.6 is 0 Å². The maximum absolute atomic E-state index is 11.9. The maximum Gasteiger partial charge on any atom is 0.167 e. The average Bonchev–Trinajstić information content (AvgIpc) is 2.17. The predicted octanol–water partition coefficient (Wildman–Crippen LogP) is 2.39. The first-order chi connectivity index (χ1) is 6.96. The number of Topliss-reactive ketones (excluding diaryl/α,β-unsaturated/α-hetero) is 1. The van der Waals surface area contributed by atoms with Gasteiger partial charge < -0.3 is 4.74 Å². The predicted molar refractivity (Wildman–Crippen MR) is 59.0 cm³/mol. The van der Waals surface area contributed by atoms with E-state index in [4.69, 9.17) is 4.74 Å². The Balaban J connectivity index is 2.83. The molecule has 82 valence electrons. The molecule has 0 aliphatic rings. The summed E-state index contributed by atoms with van der Waals surface area (Å²) >= 11 is 0. The number of ether oxygens (including phenoxy) is 1. The zero-order chi connectivity index (χ0) is 11.5. The number of hydrogen-bond donors (Lipinski definition) is 0. The zero-order valence-corrected chi connectivity index (χ0v) is 9.70. The molecule has 0 saturated heterocycles. The summed E-state index contributed by atoms with van der Waals surface area (Å²) in [5.41, 5.74) is 1.23. The molecule has 0 spiro atoms. The lowest BCUT2D eigenvalue weighted by Crippen LogP contribution is -2.26. The molecule has 0 fully saturated rings. The van der Waals surface area contributed by atoms with E-state index < -0.39 is 5.60 Å². The minimum Gasteiger partial charge on any atom is -0.378 e. The van der Waals surface area contributed by atoms with Crippen LogP contribution in [0.25, 0.3) is 0 Å². The van der Waals surface area contributed by atoms with Gasteiger partial charge in [-0.05, 0) is 32.4 Å². The van der Waals surface area contributed by atoms with Gasteiger partial charge in [-0.2, -0.15) is 0 Å². The molecule has 1 heterocycles. The van der Waals surface area contributed by atoms with Crippen molar-refractivity contribution in [2.75, 3.05) is 7.11 Å². The van der Waals surface area contributed by atoms with E-state index in [0.29, 0.717) is 12.0 Å². The van der Waals surface area contributed by atoms with Crippen LogP contribution in [-0.2, 0) is 4.74 Å². The number of nitrogens with zero attached hydrogens (tertiary/aromatic N) is 1. The summed E-state index contributed by atoms with van der Waals surface area (Å²) in [5.74, 6) is 0.0763. The molecule has 0 bridgehead atoms. The maximum atomic E-state index is 11.9. The third kappa shape index (κ3) is 3.13. The summed E-state index contributed by atoms with van der Waals surface area (Å²) in [6.45, 7) is 5.71. The van der Waals surface area contributed by atoms with Crippen LogP contribution in [0.3, 0.4) is 0 Å². The number of rotatable bonds is 4. The molecule has 0 aromatic carbocycles. The Morgan fingerprint density at radius 3 is 2.73 bits per heavy atom. The molecule has 0 N–H and O–H groups in total. The number of aryl methyl sites for hydroxylation is 1. The highest BCUT2D eigenvalue weighted by Crippen LogP contribution is 2.18. The molecule has 0 aliphatic heterocycles. The summed E-state index contributed by atoms with van der Waals surface area (Å²) in [5, 5.41) is 0. The molecule has 0 saturated carbocycles. The summed E-state index contributed by atoms with van der Waals surface area (Å²) in [6.07, 6.45) is 3.67. The third-order valence-electron chi connectivity index (χ3n) is 2.48. The van der Waals surface area contributed by atoms with Crippen molar-refractivity contribution in [3.63, 3.8) is 0 Å². The molecule has 0 radical (unpaired) electrons. The van der Waals surface area contributed by atoms with Crippen molar-refractivity contribution in [3.8, 4) is 0 Å². The number of ketones is 1. The highest BCUT2D eigenvalue weighted by atomic mass is 16.5. The Morgan fingerprint density at radius 2 is 2.20 bits per heavy atom. The molecular formula is C12H17NO2. The fourth-order valence-corrected chi connectivity index (χ4v) is 1.31. The molecule has 1 aromatic rings. The first-order valence-electron chi connectivity index (χ1n) is 4.95. The zero-order valence-electron chi connectivity index (χ0n) is 9.70. The Kier molecular flexibility index (Phi) is 3.58. The quantitative estimate of drug-likeness (QED) is 0.711. The van der Waals surface area contributed by atoms with Crippen molar-refractivity contribution < 1.29 is 9.53 Å². The monoisotopic (exact) mass is 207 g/mol. The van der Waals surface area contributed by atoms with E-state index in [-0.39, 0.29) is 5.78 Å². The summed E-state index contributed by atoms with van der Waals surface area (Å²) in [7, 11) is 1.61. The molecule has 3 nitrogen and oxygen atoms in total. The van der Waals surface area contributed by atoms with Gasteiger partial charge in [0.25, 0.3) is 0 Å². The number of methoxy groups -OCH3 is 1. The first kappa shape index (κ1) is 11.9. The lowest BCUT2D eigenvalue weighted by molar-refractivity contribution is 0.0172. The third-order valence-corrected chi connectivity index (χ3v) is 2.48. The van der Waals surface area contributed by atoms with Crippen molar-refractivity contribution in [3.05, 3.63) is 29.6 Å². The second-order valence-corrected chi connectivity index (χ2v) is 4.25. The highest BCUT2D eigenvalue weighted by molar-refractivity contribution is 5.97. The average molecular weight is 207 g/mol. The number of aromatic nitrogens is 1. The van der Waals surface area contributed by atoms with Crippen molar-refractivity contribution in [2.45, 2.75) is 32.8 Å². The van der Waals surface area contributed by atoms with Gasteiger partial charge in [0.1, 0.15) is 0 Å². The molecule has 1 rings (SSSR count). The van der Waals surface area contributed by atoms with Gasteiger partial charge in [-0.25, -0.2) is 0 Å². The Labute approximate surface area is 90.5 Å². The molecule has 0 aliphatic carbocycles. The van der Waals surface area contributed by atoms with Crippen molar-refractivity contribution >= 4 is 5.78 Å². The van der Waals surface area contributed by atoms with Gasteiger partial charge in [0.05, 0.1) is 5.60 Å². The molecule has 3 heteroatoms. The number of carbonyl (C=O) groups is 1. The molecule has 0 amide bonds. The van der Waals surface area contributed by atoms with Crippen molar-refractivity contribution in [1.29, 1.82) is 0 Å². The molecular weight excluding hydrogens is 190 g/mol. The second kappa shape index (κ2) is 4.53. The second-order valence-electron chi connectivity index (χ2n) is 4.25. The lowest BCUT2D eigenvalue weighted by atomic mass is 9.96.